The van der Waals surface area contributed by atoms with E-state index in [9.17, 15) is 4.79 Å². The van der Waals surface area contributed by atoms with Gasteiger partial charge in [0.1, 0.15) is 5.60 Å². The smallest absolute Gasteiger partial charge is 0.164 e. The quantitative estimate of drug-likeness (QED) is 0.688. The fourth-order valence-electron chi connectivity index (χ4n) is 2.38. The van der Waals surface area contributed by atoms with E-state index in [-0.39, 0.29) is 5.78 Å². The lowest BCUT2D eigenvalue weighted by atomic mass is 9.86. The SMILES string of the molecule is CCOC1(C(=O)CCCC(C)C)CCOCC1. The van der Waals surface area contributed by atoms with Gasteiger partial charge in [0.2, 0.25) is 0 Å². The van der Waals surface area contributed by atoms with Crippen LogP contribution in [-0.2, 0) is 14.3 Å². The highest BCUT2D eigenvalue weighted by Crippen LogP contribution is 2.28. The fraction of sp³-hybridized carbons (Fsp3) is 0.929. The maximum Gasteiger partial charge on any atom is 0.164 e. The number of hydrogen-bond acceptors (Lipinski definition) is 3. The summed E-state index contributed by atoms with van der Waals surface area (Å²) < 4.78 is 11.1. The lowest BCUT2D eigenvalue weighted by molar-refractivity contribution is -0.157. The van der Waals surface area contributed by atoms with E-state index in [2.05, 4.69) is 13.8 Å². The summed E-state index contributed by atoms with van der Waals surface area (Å²) in [6, 6.07) is 0. The summed E-state index contributed by atoms with van der Waals surface area (Å²) in [7, 11) is 0. The number of carbonyl (C=O) groups is 1. The summed E-state index contributed by atoms with van der Waals surface area (Å²) in [5.41, 5.74) is -0.538. The van der Waals surface area contributed by atoms with Gasteiger partial charge in [-0.05, 0) is 19.3 Å². The second-order valence-electron chi connectivity index (χ2n) is 5.25. The molecule has 0 bridgehead atoms. The third-order valence-corrected chi connectivity index (χ3v) is 3.41. The molecule has 100 valence electrons. The van der Waals surface area contributed by atoms with E-state index in [0.717, 1.165) is 25.7 Å². The van der Waals surface area contributed by atoms with Crippen molar-refractivity contribution in [2.75, 3.05) is 19.8 Å². The molecule has 1 heterocycles. The summed E-state index contributed by atoms with van der Waals surface area (Å²) in [6.45, 7) is 8.24. The van der Waals surface area contributed by atoms with Crippen molar-refractivity contribution in [1.82, 2.24) is 0 Å². The zero-order valence-electron chi connectivity index (χ0n) is 11.5. The third kappa shape index (κ3) is 4.40. The van der Waals surface area contributed by atoms with Crippen molar-refractivity contribution in [1.29, 1.82) is 0 Å². The van der Waals surface area contributed by atoms with Crippen molar-refractivity contribution in [3.05, 3.63) is 0 Å². The second kappa shape index (κ2) is 7.12. The molecule has 0 unspecified atom stereocenters. The number of rotatable bonds is 7. The van der Waals surface area contributed by atoms with Crippen LogP contribution in [0.25, 0.3) is 0 Å². The molecule has 3 nitrogen and oxygen atoms in total. The lowest BCUT2D eigenvalue weighted by Crippen LogP contribution is -2.46. The van der Waals surface area contributed by atoms with Crippen molar-refractivity contribution in [2.24, 2.45) is 5.92 Å². The molecule has 3 heteroatoms. The molecule has 1 rings (SSSR count). The maximum absolute atomic E-state index is 12.3. The van der Waals surface area contributed by atoms with Crippen LogP contribution in [0, 0.1) is 5.92 Å². The Morgan fingerprint density at radius 1 is 1.35 bits per heavy atom. The highest BCUT2D eigenvalue weighted by molar-refractivity contribution is 5.87. The predicted octanol–water partition coefficient (Wildman–Crippen LogP) is 2.97. The summed E-state index contributed by atoms with van der Waals surface area (Å²) in [4.78, 5) is 12.3. The Labute approximate surface area is 105 Å². The third-order valence-electron chi connectivity index (χ3n) is 3.41. The topological polar surface area (TPSA) is 35.5 Å². The molecular formula is C14H26O3. The average molecular weight is 242 g/mol. The molecule has 0 saturated carbocycles. The molecule has 1 aliphatic heterocycles. The van der Waals surface area contributed by atoms with Crippen LogP contribution in [0.15, 0.2) is 0 Å². The van der Waals surface area contributed by atoms with Crippen molar-refractivity contribution >= 4 is 5.78 Å². The van der Waals surface area contributed by atoms with Gasteiger partial charge in [-0.2, -0.15) is 0 Å². The van der Waals surface area contributed by atoms with Crippen molar-refractivity contribution in [3.63, 3.8) is 0 Å². The van der Waals surface area contributed by atoms with Crippen LogP contribution in [0.4, 0.5) is 0 Å². The Kier molecular flexibility index (Phi) is 6.14. The first-order valence-corrected chi connectivity index (χ1v) is 6.85. The van der Waals surface area contributed by atoms with Gasteiger partial charge in [0, 0.05) is 39.1 Å². The molecule has 0 radical (unpaired) electrons. The molecule has 17 heavy (non-hydrogen) atoms. The van der Waals surface area contributed by atoms with E-state index in [1.165, 1.54) is 0 Å². The van der Waals surface area contributed by atoms with E-state index in [4.69, 9.17) is 9.47 Å². The van der Waals surface area contributed by atoms with Crippen LogP contribution >= 0.6 is 0 Å². The van der Waals surface area contributed by atoms with E-state index in [1.807, 2.05) is 6.92 Å². The van der Waals surface area contributed by atoms with Crippen molar-refractivity contribution in [3.8, 4) is 0 Å². The van der Waals surface area contributed by atoms with Gasteiger partial charge in [0.05, 0.1) is 0 Å². The van der Waals surface area contributed by atoms with Gasteiger partial charge in [0.15, 0.2) is 5.78 Å². The van der Waals surface area contributed by atoms with Crippen LogP contribution in [-0.4, -0.2) is 31.2 Å². The Balaban J connectivity index is 2.48. The Hall–Kier alpha value is -0.410. The molecule has 0 amide bonds. The number of ketones is 1. The number of carbonyl (C=O) groups excluding carboxylic acids is 1. The van der Waals surface area contributed by atoms with E-state index in [0.29, 0.717) is 32.2 Å². The summed E-state index contributed by atoms with van der Waals surface area (Å²) in [5.74, 6) is 0.948. The molecule has 0 aromatic rings. The highest BCUT2D eigenvalue weighted by atomic mass is 16.5. The normalized spacial score (nSPS) is 19.5. The Morgan fingerprint density at radius 3 is 2.53 bits per heavy atom. The minimum Gasteiger partial charge on any atom is -0.381 e. The van der Waals surface area contributed by atoms with Gasteiger partial charge in [-0.3, -0.25) is 4.79 Å². The van der Waals surface area contributed by atoms with Gasteiger partial charge in [0.25, 0.3) is 0 Å². The van der Waals surface area contributed by atoms with Gasteiger partial charge >= 0.3 is 0 Å². The van der Waals surface area contributed by atoms with Crippen LogP contribution < -0.4 is 0 Å². The first kappa shape index (κ1) is 14.7. The predicted molar refractivity (Wildman–Crippen MR) is 68.1 cm³/mol. The molecule has 0 spiro atoms. The first-order valence-electron chi connectivity index (χ1n) is 6.85. The first-order chi connectivity index (χ1) is 8.10. The molecule has 0 atom stereocenters. The van der Waals surface area contributed by atoms with Gasteiger partial charge in [-0.25, -0.2) is 0 Å². The monoisotopic (exact) mass is 242 g/mol. The van der Waals surface area contributed by atoms with Crippen LogP contribution in [0.5, 0.6) is 0 Å². The Morgan fingerprint density at radius 2 is 2.00 bits per heavy atom. The van der Waals surface area contributed by atoms with Gasteiger partial charge < -0.3 is 9.47 Å². The van der Waals surface area contributed by atoms with Crippen molar-refractivity contribution < 1.29 is 14.3 Å². The standard InChI is InChI=1S/C14H26O3/c1-4-17-14(8-10-16-11-9-14)13(15)7-5-6-12(2)3/h12H,4-11H2,1-3H3. The van der Waals surface area contributed by atoms with E-state index in [1.54, 1.807) is 0 Å². The molecule has 0 N–H and O–H groups in total. The van der Waals surface area contributed by atoms with Gasteiger partial charge in [-0.1, -0.05) is 20.3 Å². The molecule has 0 aliphatic carbocycles. The Bertz CT molecular complexity index is 224. The van der Waals surface area contributed by atoms with E-state index >= 15 is 0 Å². The van der Waals surface area contributed by atoms with Crippen LogP contribution in [0.3, 0.4) is 0 Å². The van der Waals surface area contributed by atoms with Gasteiger partial charge in [-0.15, -0.1) is 0 Å². The van der Waals surface area contributed by atoms with E-state index < -0.39 is 5.60 Å². The van der Waals surface area contributed by atoms with Crippen LogP contribution in [0.1, 0.15) is 52.9 Å². The average Bonchev–Trinajstić information content (AvgIpc) is 2.30. The zero-order chi connectivity index (χ0) is 12.7. The minimum absolute atomic E-state index is 0.281. The minimum atomic E-state index is -0.538. The highest BCUT2D eigenvalue weighted by Gasteiger charge is 2.39. The molecule has 0 aromatic carbocycles. The number of ether oxygens (including phenoxy) is 2. The molecule has 1 fully saturated rings. The molecular weight excluding hydrogens is 216 g/mol. The second-order valence-corrected chi connectivity index (χ2v) is 5.25. The maximum atomic E-state index is 12.3. The summed E-state index contributed by atoms with van der Waals surface area (Å²) in [6.07, 6.45) is 4.19. The molecule has 1 aliphatic rings. The fourth-order valence-corrected chi connectivity index (χ4v) is 2.38. The molecule has 1 saturated heterocycles. The van der Waals surface area contributed by atoms with Crippen molar-refractivity contribution in [2.45, 2.75) is 58.5 Å². The summed E-state index contributed by atoms with van der Waals surface area (Å²) in [5, 5.41) is 0. The van der Waals surface area contributed by atoms with Crippen LogP contribution in [0.2, 0.25) is 0 Å². The number of Topliss-reactive ketones (excluding diaryl/α,β-unsaturated/α-hetero) is 1. The lowest BCUT2D eigenvalue weighted by Gasteiger charge is -2.35. The summed E-state index contributed by atoms with van der Waals surface area (Å²) >= 11 is 0. The zero-order valence-corrected chi connectivity index (χ0v) is 11.5. The molecule has 0 aromatic heterocycles. The largest absolute Gasteiger partial charge is 0.381 e. The number of hydrogen-bond donors (Lipinski definition) is 0.